The highest BCUT2D eigenvalue weighted by Crippen LogP contribution is 2.28. The van der Waals surface area contributed by atoms with Crippen LogP contribution < -0.4 is 20.3 Å². The van der Waals surface area contributed by atoms with Crippen LogP contribution >= 0.6 is 31.9 Å². The number of halogens is 2. The van der Waals surface area contributed by atoms with E-state index in [1.54, 1.807) is 0 Å². The van der Waals surface area contributed by atoms with Crippen molar-refractivity contribution in [2.45, 2.75) is 27.7 Å². The number of nitrogens with one attached hydrogen (secondary N) is 2. The first-order valence-corrected chi connectivity index (χ1v) is 16.5. The Morgan fingerprint density at radius 2 is 1.00 bits per heavy atom. The molecule has 0 aliphatic heterocycles. The van der Waals surface area contributed by atoms with E-state index >= 15 is 0 Å². The van der Waals surface area contributed by atoms with Gasteiger partial charge in [0.25, 0.3) is 23.2 Å². The third-order valence-corrected chi connectivity index (χ3v) is 7.66. The highest BCUT2D eigenvalue weighted by molar-refractivity contribution is 9.10. The predicted molar refractivity (Wildman–Crippen MR) is 199 cm³/mol. The van der Waals surface area contributed by atoms with Crippen LogP contribution in [0.4, 0.5) is 11.4 Å². The van der Waals surface area contributed by atoms with E-state index in [0.29, 0.717) is 11.5 Å². The molecule has 2 amide bonds. The number of nitrogens with zero attached hydrogens (tertiary/aromatic N) is 4. The minimum atomic E-state index is -0.606. The van der Waals surface area contributed by atoms with E-state index in [9.17, 15) is 40.0 Å². The lowest BCUT2D eigenvalue weighted by Gasteiger charge is -2.11. The number of carbonyl (C=O) groups is 2. The zero-order valence-corrected chi connectivity index (χ0v) is 31.2. The quantitative estimate of drug-likeness (QED) is 0.0695. The Bertz CT molecular complexity index is 1860. The van der Waals surface area contributed by atoms with Crippen LogP contribution in [-0.2, 0) is 9.59 Å². The summed E-state index contributed by atoms with van der Waals surface area (Å²) in [6.45, 7) is 6.94. The van der Waals surface area contributed by atoms with Crippen LogP contribution in [0.2, 0.25) is 0 Å². The molecule has 4 rings (SSSR count). The van der Waals surface area contributed by atoms with Crippen LogP contribution in [0.3, 0.4) is 0 Å². The van der Waals surface area contributed by atoms with E-state index in [0.717, 1.165) is 55.8 Å². The van der Waals surface area contributed by atoms with Crippen molar-refractivity contribution >= 4 is 67.5 Å². The van der Waals surface area contributed by atoms with Crippen LogP contribution in [0.25, 0.3) is 0 Å². The van der Waals surface area contributed by atoms with Crippen LogP contribution in [0.1, 0.15) is 33.4 Å². The summed E-state index contributed by atoms with van der Waals surface area (Å²) in [7, 11) is 0. The maximum Gasteiger partial charge on any atom is 0.278 e. The molecule has 0 saturated carbocycles. The van der Waals surface area contributed by atoms with Gasteiger partial charge in [-0.25, -0.2) is 10.9 Å². The SMILES string of the molecule is Cc1cc(Br)cc(C)c1OCC(=O)N/N=C\c1cc(O)ccc1[N+](=O)[O-].Cc1cc(Br)cc(C)c1OCC(=O)N/N=C\c1cc(O)ccc1[N+](=O)[O-]. The van der Waals surface area contributed by atoms with Crippen molar-refractivity contribution in [1.29, 1.82) is 0 Å². The molecule has 4 aromatic rings. The number of ether oxygens (including phenoxy) is 2. The van der Waals surface area contributed by atoms with E-state index in [1.807, 2.05) is 52.0 Å². The number of amides is 2. The first-order valence-electron chi connectivity index (χ1n) is 14.9. The first-order chi connectivity index (χ1) is 24.5. The number of nitro benzene ring substituents is 2. The highest BCUT2D eigenvalue weighted by Gasteiger charge is 2.15. The number of carbonyl (C=O) groups excluding carboxylic acids is 2. The van der Waals surface area contributed by atoms with Crippen LogP contribution in [0.15, 0.2) is 79.8 Å². The third-order valence-electron chi connectivity index (χ3n) is 6.75. The number of aromatic hydroxyl groups is 2. The molecule has 4 aromatic carbocycles. The summed E-state index contributed by atoms with van der Waals surface area (Å²) in [6.07, 6.45) is 2.18. The zero-order valence-electron chi connectivity index (χ0n) is 28.0. The van der Waals surface area contributed by atoms with Gasteiger partial charge in [-0.2, -0.15) is 10.2 Å². The van der Waals surface area contributed by atoms with Crippen molar-refractivity contribution in [2.24, 2.45) is 10.2 Å². The molecule has 18 heteroatoms. The molecule has 0 atom stereocenters. The molecule has 52 heavy (non-hydrogen) atoms. The lowest BCUT2D eigenvalue weighted by atomic mass is 10.1. The average molecular weight is 844 g/mol. The molecule has 0 saturated heterocycles. The largest absolute Gasteiger partial charge is 0.508 e. The number of aryl methyl sites for hydroxylation is 4. The highest BCUT2D eigenvalue weighted by atomic mass is 79.9. The molecule has 0 aliphatic rings. The Morgan fingerprint density at radius 1 is 0.673 bits per heavy atom. The second-order valence-electron chi connectivity index (χ2n) is 10.9. The molecule has 16 nitrogen and oxygen atoms in total. The molecule has 0 fully saturated rings. The summed E-state index contributed by atoms with van der Waals surface area (Å²) in [5.41, 5.74) is 7.63. The summed E-state index contributed by atoms with van der Waals surface area (Å²) in [5.74, 6) is -0.121. The fourth-order valence-electron chi connectivity index (χ4n) is 4.56. The molecule has 272 valence electrons. The van der Waals surface area contributed by atoms with Crippen molar-refractivity contribution in [3.63, 3.8) is 0 Å². The maximum absolute atomic E-state index is 11.8. The predicted octanol–water partition coefficient (Wildman–Crippen LogP) is 6.42. The van der Waals surface area contributed by atoms with Gasteiger partial charge >= 0.3 is 0 Å². The number of phenols is 2. The van der Waals surface area contributed by atoms with Gasteiger partial charge < -0.3 is 19.7 Å². The van der Waals surface area contributed by atoms with Gasteiger partial charge in [0.15, 0.2) is 13.2 Å². The van der Waals surface area contributed by atoms with E-state index in [1.165, 1.54) is 24.3 Å². The summed E-state index contributed by atoms with van der Waals surface area (Å²) >= 11 is 6.77. The molecular weight excluding hydrogens is 812 g/mol. The fraction of sp³-hybridized carbons (Fsp3) is 0.176. The Morgan fingerprint density at radius 3 is 1.31 bits per heavy atom. The smallest absolute Gasteiger partial charge is 0.278 e. The van der Waals surface area contributed by atoms with Crippen molar-refractivity contribution in [3.8, 4) is 23.0 Å². The number of nitro groups is 2. The van der Waals surface area contributed by atoms with Gasteiger partial charge in [-0.15, -0.1) is 0 Å². The molecular formula is C34H32Br2N6O10. The van der Waals surface area contributed by atoms with Gasteiger partial charge in [-0.1, -0.05) is 31.9 Å². The monoisotopic (exact) mass is 842 g/mol. The summed E-state index contributed by atoms with van der Waals surface area (Å²) in [6, 6.07) is 14.6. The normalized spacial score (nSPS) is 10.7. The standard InChI is InChI=1S/2C17H16BrN3O5/c2*1-10-5-13(18)6-11(2)17(10)26-9-16(23)20-19-8-12-7-14(22)3-4-15(12)21(24)25/h2*3-8,22H,9H2,1-2H3,(H,20,23)/b2*19-8-. The Labute approximate surface area is 313 Å². The van der Waals surface area contributed by atoms with E-state index in [4.69, 9.17) is 9.47 Å². The molecule has 4 N–H and O–H groups in total. The number of hydrogen-bond acceptors (Lipinski definition) is 12. The second-order valence-corrected chi connectivity index (χ2v) is 12.7. The Kier molecular flexibility index (Phi) is 14.8. The molecule has 0 unspecified atom stereocenters. The minimum Gasteiger partial charge on any atom is -0.508 e. The van der Waals surface area contributed by atoms with Crippen molar-refractivity contribution in [2.75, 3.05) is 13.2 Å². The summed E-state index contributed by atoms with van der Waals surface area (Å²) in [4.78, 5) is 44.3. The molecule has 0 bridgehead atoms. The van der Waals surface area contributed by atoms with Crippen LogP contribution in [-0.4, -0.2) is 57.5 Å². The van der Waals surface area contributed by atoms with Gasteiger partial charge in [-0.3, -0.25) is 29.8 Å². The zero-order chi connectivity index (χ0) is 38.5. The van der Waals surface area contributed by atoms with Gasteiger partial charge in [-0.05, 0) is 98.5 Å². The van der Waals surface area contributed by atoms with Gasteiger partial charge in [0, 0.05) is 21.1 Å². The van der Waals surface area contributed by atoms with E-state index < -0.39 is 21.7 Å². The van der Waals surface area contributed by atoms with Crippen molar-refractivity contribution in [3.05, 3.63) is 123 Å². The lowest BCUT2D eigenvalue weighted by Crippen LogP contribution is -2.25. The van der Waals surface area contributed by atoms with Gasteiger partial charge in [0.05, 0.1) is 33.4 Å². The second kappa shape index (κ2) is 18.9. The lowest BCUT2D eigenvalue weighted by molar-refractivity contribution is -0.385. The number of phenolic OH excluding ortho intramolecular Hbond substituents is 2. The van der Waals surface area contributed by atoms with E-state index in [2.05, 4.69) is 52.9 Å². The Hall–Kier alpha value is -5.88. The maximum atomic E-state index is 11.8. The third kappa shape index (κ3) is 12.2. The van der Waals surface area contributed by atoms with Crippen molar-refractivity contribution < 1.29 is 39.1 Å². The molecule has 0 radical (unpaired) electrons. The molecule has 0 aliphatic carbocycles. The molecule has 0 heterocycles. The number of hydrazone groups is 2. The van der Waals surface area contributed by atoms with Gasteiger partial charge in [0.1, 0.15) is 23.0 Å². The first kappa shape index (κ1) is 40.5. The summed E-state index contributed by atoms with van der Waals surface area (Å²) < 4.78 is 12.9. The molecule has 0 aromatic heterocycles. The number of hydrogen-bond donors (Lipinski definition) is 4. The van der Waals surface area contributed by atoms with E-state index in [-0.39, 0.29) is 47.2 Å². The number of benzene rings is 4. The van der Waals surface area contributed by atoms with Gasteiger partial charge in [0.2, 0.25) is 0 Å². The molecule has 0 spiro atoms. The van der Waals surface area contributed by atoms with Crippen LogP contribution in [0.5, 0.6) is 23.0 Å². The fourth-order valence-corrected chi connectivity index (χ4v) is 5.93. The Balaban J connectivity index is 0.000000280. The van der Waals surface area contributed by atoms with Crippen LogP contribution in [0, 0.1) is 47.9 Å². The van der Waals surface area contributed by atoms with Crippen molar-refractivity contribution in [1.82, 2.24) is 10.9 Å². The topological polar surface area (TPSA) is 228 Å². The summed E-state index contributed by atoms with van der Waals surface area (Å²) in [5, 5.41) is 48.0. The average Bonchev–Trinajstić information content (AvgIpc) is 3.04. The number of rotatable bonds is 12. The minimum absolute atomic E-state index is 0.0656.